The fourth-order valence-electron chi connectivity index (χ4n) is 1.36. The fourth-order valence-corrected chi connectivity index (χ4v) is 2.22. The Bertz CT molecular complexity index is 483. The normalized spacial score (nSPS) is 12.7. The van der Waals surface area contributed by atoms with E-state index in [1.165, 1.54) is 23.9 Å². The van der Waals surface area contributed by atoms with E-state index in [4.69, 9.17) is 0 Å². The summed E-state index contributed by atoms with van der Waals surface area (Å²) < 4.78 is 12.8. The first-order chi connectivity index (χ1) is 9.17. The summed E-state index contributed by atoms with van der Waals surface area (Å²) >= 11 is 1.26. The van der Waals surface area contributed by atoms with Crippen molar-refractivity contribution in [3.8, 4) is 0 Å². The first-order valence-electron chi connectivity index (χ1n) is 6.22. The van der Waals surface area contributed by atoms with Gasteiger partial charge >= 0.3 is 6.03 Å². The highest BCUT2D eigenvalue weighted by atomic mass is 32.2. The minimum absolute atomic E-state index is 0.323. The molecule has 0 saturated carbocycles. The van der Waals surface area contributed by atoms with Crippen LogP contribution in [0.25, 0.3) is 0 Å². The molecule has 6 heteroatoms. The van der Waals surface area contributed by atoms with Gasteiger partial charge in [0.2, 0.25) is 5.91 Å². The van der Waals surface area contributed by atoms with E-state index in [9.17, 15) is 14.0 Å². The van der Waals surface area contributed by atoms with Gasteiger partial charge in [-0.05, 0) is 52.0 Å². The number of hydrogen-bond acceptors (Lipinski definition) is 3. The summed E-state index contributed by atoms with van der Waals surface area (Å²) in [4.78, 5) is 24.2. The van der Waals surface area contributed by atoms with Gasteiger partial charge in [-0.1, -0.05) is 0 Å². The molecule has 2 N–H and O–H groups in total. The number of thioether (sulfide) groups is 1. The molecule has 1 aromatic carbocycles. The fraction of sp³-hybridized carbons (Fsp3) is 0.429. The van der Waals surface area contributed by atoms with Crippen molar-refractivity contribution < 1.29 is 14.0 Å². The standard InChI is InChI=1S/C14H19FN2O2S/c1-9(20-11-7-5-10(15)6-8-11)12(18)16-13(19)17-14(2,3)4/h5-9H,1-4H3,(H2,16,17,18,19). The number of urea groups is 1. The van der Waals surface area contributed by atoms with E-state index in [2.05, 4.69) is 10.6 Å². The summed E-state index contributed by atoms with van der Waals surface area (Å²) in [5, 5.41) is 4.48. The summed E-state index contributed by atoms with van der Waals surface area (Å²) in [5.41, 5.74) is -0.405. The third kappa shape index (κ3) is 6.06. The molecule has 1 atom stereocenters. The van der Waals surface area contributed by atoms with Crippen molar-refractivity contribution in [2.45, 2.75) is 43.4 Å². The second-order valence-electron chi connectivity index (χ2n) is 5.41. The van der Waals surface area contributed by atoms with Crippen LogP contribution in [0.4, 0.5) is 9.18 Å². The highest BCUT2D eigenvalue weighted by Gasteiger charge is 2.20. The molecule has 0 radical (unpaired) electrons. The summed E-state index contributed by atoms with van der Waals surface area (Å²) in [6.45, 7) is 7.17. The molecule has 20 heavy (non-hydrogen) atoms. The Hall–Kier alpha value is -1.56. The number of benzene rings is 1. The van der Waals surface area contributed by atoms with E-state index in [0.29, 0.717) is 0 Å². The van der Waals surface area contributed by atoms with Crippen LogP contribution in [-0.4, -0.2) is 22.7 Å². The average molecular weight is 298 g/mol. The van der Waals surface area contributed by atoms with Crippen molar-refractivity contribution in [3.05, 3.63) is 30.1 Å². The van der Waals surface area contributed by atoms with Crippen LogP contribution in [-0.2, 0) is 4.79 Å². The molecule has 0 heterocycles. The molecule has 1 aromatic rings. The van der Waals surface area contributed by atoms with Crippen molar-refractivity contribution in [1.82, 2.24) is 10.6 Å². The zero-order valence-corrected chi connectivity index (χ0v) is 12.8. The molecule has 4 nitrogen and oxygen atoms in total. The van der Waals surface area contributed by atoms with Crippen LogP contribution in [0.15, 0.2) is 29.2 Å². The Kier molecular flexibility index (Phi) is 5.56. The maximum Gasteiger partial charge on any atom is 0.321 e. The molecule has 1 unspecified atom stereocenters. The quantitative estimate of drug-likeness (QED) is 0.844. The predicted molar refractivity (Wildman–Crippen MR) is 78.1 cm³/mol. The Morgan fingerprint density at radius 1 is 1.20 bits per heavy atom. The number of halogens is 1. The molecule has 0 aliphatic carbocycles. The lowest BCUT2D eigenvalue weighted by molar-refractivity contribution is -0.119. The van der Waals surface area contributed by atoms with Crippen LogP contribution in [0.3, 0.4) is 0 Å². The summed E-state index contributed by atoms with van der Waals surface area (Å²) in [6.07, 6.45) is 0. The lowest BCUT2D eigenvalue weighted by Crippen LogP contribution is -2.49. The van der Waals surface area contributed by atoms with Gasteiger partial charge in [-0.2, -0.15) is 0 Å². The van der Waals surface area contributed by atoms with Crippen molar-refractivity contribution in [2.24, 2.45) is 0 Å². The van der Waals surface area contributed by atoms with Gasteiger partial charge in [0, 0.05) is 10.4 Å². The minimum atomic E-state index is -0.519. The number of nitrogens with one attached hydrogen (secondary N) is 2. The number of imide groups is 1. The molecule has 3 amide bonds. The predicted octanol–water partition coefficient (Wildman–Crippen LogP) is 2.93. The van der Waals surface area contributed by atoms with Gasteiger partial charge in [-0.3, -0.25) is 10.1 Å². The van der Waals surface area contributed by atoms with Crippen LogP contribution < -0.4 is 10.6 Å². The van der Waals surface area contributed by atoms with E-state index in [0.717, 1.165) is 4.90 Å². The molecular weight excluding hydrogens is 279 g/mol. The molecule has 0 bridgehead atoms. The monoisotopic (exact) mass is 298 g/mol. The highest BCUT2D eigenvalue weighted by Crippen LogP contribution is 2.23. The van der Waals surface area contributed by atoms with Gasteiger partial charge in [0.1, 0.15) is 5.82 Å². The maximum absolute atomic E-state index is 12.8. The van der Waals surface area contributed by atoms with Gasteiger partial charge < -0.3 is 5.32 Å². The van der Waals surface area contributed by atoms with Gasteiger partial charge in [-0.15, -0.1) is 11.8 Å². The molecule has 0 saturated heterocycles. The van der Waals surface area contributed by atoms with E-state index >= 15 is 0 Å². The molecule has 0 aliphatic rings. The Morgan fingerprint density at radius 2 is 1.75 bits per heavy atom. The van der Waals surface area contributed by atoms with Crippen molar-refractivity contribution in [2.75, 3.05) is 0 Å². The van der Waals surface area contributed by atoms with E-state index in [1.54, 1.807) is 19.1 Å². The largest absolute Gasteiger partial charge is 0.333 e. The second-order valence-corrected chi connectivity index (χ2v) is 6.82. The van der Waals surface area contributed by atoms with Gasteiger partial charge in [0.25, 0.3) is 0 Å². The Balaban J connectivity index is 2.51. The van der Waals surface area contributed by atoms with E-state index in [-0.39, 0.29) is 11.7 Å². The molecule has 0 aromatic heterocycles. The highest BCUT2D eigenvalue weighted by molar-refractivity contribution is 8.00. The topological polar surface area (TPSA) is 58.2 Å². The molecule has 0 fully saturated rings. The molecular formula is C14H19FN2O2S. The van der Waals surface area contributed by atoms with Crippen molar-refractivity contribution in [3.63, 3.8) is 0 Å². The van der Waals surface area contributed by atoms with E-state index < -0.39 is 16.8 Å². The Labute approximate surface area is 122 Å². The first kappa shape index (κ1) is 16.5. The zero-order valence-electron chi connectivity index (χ0n) is 12.0. The van der Waals surface area contributed by atoms with Crippen LogP contribution in [0.1, 0.15) is 27.7 Å². The van der Waals surface area contributed by atoms with Crippen LogP contribution >= 0.6 is 11.8 Å². The number of hydrogen-bond donors (Lipinski definition) is 2. The van der Waals surface area contributed by atoms with Gasteiger partial charge in [0.15, 0.2) is 0 Å². The third-order valence-electron chi connectivity index (χ3n) is 2.22. The first-order valence-corrected chi connectivity index (χ1v) is 7.10. The van der Waals surface area contributed by atoms with Crippen LogP contribution in [0.2, 0.25) is 0 Å². The SMILES string of the molecule is CC(Sc1ccc(F)cc1)C(=O)NC(=O)NC(C)(C)C. The van der Waals surface area contributed by atoms with Crippen LogP contribution in [0.5, 0.6) is 0 Å². The van der Waals surface area contributed by atoms with Crippen molar-refractivity contribution in [1.29, 1.82) is 0 Å². The number of carbonyl (C=O) groups excluding carboxylic acids is 2. The van der Waals surface area contributed by atoms with Gasteiger partial charge in [0.05, 0.1) is 5.25 Å². The smallest absolute Gasteiger partial charge is 0.321 e. The lowest BCUT2D eigenvalue weighted by atomic mass is 10.1. The summed E-state index contributed by atoms with van der Waals surface area (Å²) in [6, 6.07) is 5.34. The third-order valence-corrected chi connectivity index (χ3v) is 3.33. The lowest BCUT2D eigenvalue weighted by Gasteiger charge is -2.21. The van der Waals surface area contributed by atoms with E-state index in [1.807, 2.05) is 20.8 Å². The molecule has 1 rings (SSSR count). The van der Waals surface area contributed by atoms with Gasteiger partial charge in [-0.25, -0.2) is 9.18 Å². The summed E-state index contributed by atoms with van der Waals surface area (Å²) in [7, 11) is 0. The Morgan fingerprint density at radius 3 is 2.25 bits per heavy atom. The molecule has 0 spiro atoms. The average Bonchev–Trinajstić information content (AvgIpc) is 2.29. The van der Waals surface area contributed by atoms with Crippen molar-refractivity contribution >= 4 is 23.7 Å². The number of rotatable bonds is 3. The number of carbonyl (C=O) groups is 2. The molecule has 0 aliphatic heterocycles. The summed E-state index contributed by atoms with van der Waals surface area (Å²) in [5.74, 6) is -0.711. The number of amides is 3. The minimum Gasteiger partial charge on any atom is -0.333 e. The zero-order chi connectivity index (χ0) is 15.3. The van der Waals surface area contributed by atoms with Crippen LogP contribution in [0, 0.1) is 5.82 Å². The molecule has 110 valence electrons. The maximum atomic E-state index is 12.8. The second kappa shape index (κ2) is 6.74.